The highest BCUT2D eigenvalue weighted by molar-refractivity contribution is 5.97. The molecule has 1 fully saturated rings. The molecule has 17 N–H and O–H groups in total. The number of nitrogens with two attached hydrogens (primary N) is 5. The summed E-state index contributed by atoms with van der Waals surface area (Å²) in [7, 11) is 0. The molecule has 0 saturated carbocycles. The minimum absolute atomic E-state index is 0.0292. The molecule has 1 saturated heterocycles. The lowest BCUT2D eigenvalue weighted by Gasteiger charge is -2.31. The summed E-state index contributed by atoms with van der Waals surface area (Å²) in [5.41, 5.74) is 28.8. The monoisotopic (exact) mass is 890 g/mol. The fraction of sp³-hybridized carbons (Fsp3) is 0.667. The molecule has 1 aliphatic heterocycles. The Kier molecular flexibility index (Phi) is 24.2. The maximum atomic E-state index is 14.4. The quantitative estimate of drug-likeness (QED) is 0.0375. The fourth-order valence-electron chi connectivity index (χ4n) is 7.22. The van der Waals surface area contributed by atoms with Crippen LogP contribution in [0.2, 0.25) is 0 Å². The maximum absolute atomic E-state index is 14.4. The van der Waals surface area contributed by atoms with Gasteiger partial charge in [0.1, 0.15) is 42.0 Å². The van der Waals surface area contributed by atoms with Gasteiger partial charge in [0.05, 0.1) is 12.5 Å². The second-order valence-corrected chi connectivity index (χ2v) is 16.5. The molecule has 1 heterocycles. The third-order valence-electron chi connectivity index (χ3n) is 10.6. The fourth-order valence-corrected chi connectivity index (χ4v) is 7.22. The van der Waals surface area contributed by atoms with Crippen molar-refractivity contribution in [2.75, 3.05) is 26.2 Å². The number of benzene rings is 1. The van der Waals surface area contributed by atoms with Gasteiger partial charge in [-0.05, 0) is 120 Å². The topological polar surface area (TPSA) is 371 Å². The molecule has 2 rings (SSSR count). The first kappa shape index (κ1) is 53.8. The first-order valence-electron chi connectivity index (χ1n) is 21.9. The number of amides is 7. The van der Waals surface area contributed by atoms with Crippen molar-refractivity contribution in [3.8, 4) is 5.75 Å². The minimum atomic E-state index is -1.36. The number of phenolic OH excluding ortho intramolecular Hbond substituents is 1. The normalized spacial score (nSPS) is 16.5. The van der Waals surface area contributed by atoms with Crippen molar-refractivity contribution in [3.63, 3.8) is 0 Å². The number of likely N-dealkylation sites (tertiary alicyclic amines) is 1. The van der Waals surface area contributed by atoms with Crippen molar-refractivity contribution in [3.05, 3.63) is 29.8 Å². The van der Waals surface area contributed by atoms with Gasteiger partial charge in [0.15, 0.2) is 0 Å². The SMILES string of the molecule is CC(C)C[C@H](NC(=O)[C@H](CCCCN)NC(=O)[C@@H]1CCCN1C(=O)[C@H](CCCCN)NC(=O)[C@H](CCCCN)NC(=O)[C@H](Cc1ccc(O)cc1)NC(=O)[C@@H](N)CC(N)=O)C(=O)O. The third kappa shape index (κ3) is 19.3. The van der Waals surface area contributed by atoms with Crippen LogP contribution in [-0.4, -0.2) is 131 Å². The van der Waals surface area contributed by atoms with E-state index < -0.39 is 96.0 Å². The molecule has 0 spiro atoms. The number of hydrogen-bond donors (Lipinski definition) is 12. The molecule has 0 radical (unpaired) electrons. The number of phenols is 1. The van der Waals surface area contributed by atoms with Crippen LogP contribution in [0.1, 0.15) is 103 Å². The largest absolute Gasteiger partial charge is 0.508 e. The van der Waals surface area contributed by atoms with Crippen LogP contribution in [0.5, 0.6) is 5.75 Å². The van der Waals surface area contributed by atoms with Crippen molar-refractivity contribution in [1.82, 2.24) is 31.5 Å². The van der Waals surface area contributed by atoms with E-state index in [4.69, 9.17) is 28.7 Å². The van der Waals surface area contributed by atoms with Crippen LogP contribution in [-0.2, 0) is 44.8 Å². The lowest BCUT2D eigenvalue weighted by molar-refractivity contribution is -0.144. The van der Waals surface area contributed by atoms with Gasteiger partial charge in [0, 0.05) is 13.0 Å². The van der Waals surface area contributed by atoms with Gasteiger partial charge in [-0.2, -0.15) is 0 Å². The average molecular weight is 890 g/mol. The van der Waals surface area contributed by atoms with Gasteiger partial charge in [0.25, 0.3) is 0 Å². The van der Waals surface area contributed by atoms with Gasteiger partial charge in [-0.15, -0.1) is 0 Å². The molecule has 1 aliphatic rings. The Bertz CT molecular complexity index is 1660. The first-order chi connectivity index (χ1) is 29.9. The van der Waals surface area contributed by atoms with Gasteiger partial charge in [0.2, 0.25) is 41.4 Å². The van der Waals surface area contributed by atoms with Gasteiger partial charge in [-0.3, -0.25) is 33.6 Å². The number of nitrogens with zero attached hydrogens (tertiary/aromatic N) is 1. The number of carboxylic acids is 1. The number of aliphatic carboxylic acids is 1. The van der Waals surface area contributed by atoms with Crippen LogP contribution >= 0.6 is 0 Å². The molecule has 21 nitrogen and oxygen atoms in total. The number of unbranched alkanes of at least 4 members (excludes halogenated alkanes) is 3. The summed E-state index contributed by atoms with van der Waals surface area (Å²) in [5, 5.41) is 32.8. The Morgan fingerprint density at radius 3 is 1.67 bits per heavy atom. The van der Waals surface area contributed by atoms with Crippen molar-refractivity contribution < 1.29 is 48.6 Å². The summed E-state index contributed by atoms with van der Waals surface area (Å²) in [4.78, 5) is 108. The summed E-state index contributed by atoms with van der Waals surface area (Å²) < 4.78 is 0. The molecule has 21 heteroatoms. The molecule has 7 atom stereocenters. The van der Waals surface area contributed by atoms with E-state index in [1.54, 1.807) is 12.1 Å². The number of carbonyl (C=O) groups excluding carboxylic acids is 7. The summed E-state index contributed by atoms with van der Waals surface area (Å²) in [6.07, 6.45) is 3.59. The number of carboxylic acid groups (broad SMARTS) is 1. The third-order valence-corrected chi connectivity index (χ3v) is 10.6. The van der Waals surface area contributed by atoms with Crippen LogP contribution in [0.4, 0.5) is 0 Å². The Morgan fingerprint density at radius 1 is 0.683 bits per heavy atom. The van der Waals surface area contributed by atoms with Gasteiger partial charge >= 0.3 is 5.97 Å². The molecule has 0 bridgehead atoms. The van der Waals surface area contributed by atoms with Crippen molar-refractivity contribution >= 4 is 47.3 Å². The number of primary amides is 1. The van der Waals surface area contributed by atoms with Crippen LogP contribution in [0.15, 0.2) is 24.3 Å². The van der Waals surface area contributed by atoms with E-state index in [0.29, 0.717) is 70.1 Å². The molecular weight excluding hydrogens is 819 g/mol. The van der Waals surface area contributed by atoms with E-state index in [2.05, 4.69) is 26.6 Å². The highest BCUT2D eigenvalue weighted by Gasteiger charge is 2.40. The van der Waals surface area contributed by atoms with Crippen molar-refractivity contribution in [2.45, 2.75) is 146 Å². The predicted molar refractivity (Wildman–Crippen MR) is 234 cm³/mol. The van der Waals surface area contributed by atoms with E-state index in [0.717, 1.165) is 0 Å². The van der Waals surface area contributed by atoms with Crippen LogP contribution < -0.4 is 55.3 Å². The van der Waals surface area contributed by atoms with Crippen LogP contribution in [0, 0.1) is 5.92 Å². The Balaban J connectivity index is 2.38. The van der Waals surface area contributed by atoms with Crippen LogP contribution in [0.3, 0.4) is 0 Å². The van der Waals surface area contributed by atoms with E-state index in [1.165, 1.54) is 17.0 Å². The summed E-state index contributed by atoms with van der Waals surface area (Å²) >= 11 is 0. The zero-order chi connectivity index (χ0) is 47.1. The molecule has 7 amide bonds. The molecule has 1 aromatic carbocycles. The van der Waals surface area contributed by atoms with E-state index in [-0.39, 0.29) is 56.7 Å². The lowest BCUT2D eigenvalue weighted by Crippen LogP contribution is -2.60. The second-order valence-electron chi connectivity index (χ2n) is 16.5. The number of carbonyl (C=O) groups is 8. The Hall–Kier alpha value is -5.38. The van der Waals surface area contributed by atoms with Gasteiger partial charge in [-0.25, -0.2) is 4.79 Å². The number of aromatic hydroxyl groups is 1. The maximum Gasteiger partial charge on any atom is 0.326 e. The Morgan fingerprint density at radius 2 is 1.16 bits per heavy atom. The highest BCUT2D eigenvalue weighted by atomic mass is 16.4. The molecule has 0 unspecified atom stereocenters. The molecular formula is C42H71N11O10. The standard InChI is InChI=1S/C42H71N11O10/c1-25(2)22-33(42(62)63)52-38(58)30(11-4-7-19-44)49-40(60)34-13-9-21-53(34)41(61)31(12-5-8-20-45)50-37(57)29(10-3-6-18-43)48-39(59)32(23-26-14-16-27(54)17-15-26)51-36(56)28(46)24-35(47)55/h14-17,25,28-34,54H,3-13,18-24,43-46H2,1-2H3,(H2,47,55)(H,48,59)(H,49,60)(H,50,57)(H,51,56)(H,52,58)(H,62,63)/t28-,29-,30-,31-,32-,33-,34-/m0/s1. The molecule has 0 aromatic heterocycles. The van der Waals surface area contributed by atoms with Gasteiger partial charge in [-0.1, -0.05) is 26.0 Å². The molecule has 1 aromatic rings. The summed E-state index contributed by atoms with van der Waals surface area (Å²) in [6, 6.07) is -2.44. The van der Waals surface area contributed by atoms with E-state index in [9.17, 15) is 48.6 Å². The first-order valence-corrected chi connectivity index (χ1v) is 21.9. The number of rotatable bonds is 30. The summed E-state index contributed by atoms with van der Waals surface area (Å²) in [5.74, 6) is -6.27. The molecule has 0 aliphatic carbocycles. The number of hydrogen-bond acceptors (Lipinski definition) is 13. The second kappa shape index (κ2) is 28.3. The predicted octanol–water partition coefficient (Wildman–Crippen LogP) is -1.93. The van der Waals surface area contributed by atoms with Crippen molar-refractivity contribution in [2.24, 2.45) is 34.6 Å². The smallest absolute Gasteiger partial charge is 0.326 e. The summed E-state index contributed by atoms with van der Waals surface area (Å²) in [6.45, 7) is 4.78. The lowest BCUT2D eigenvalue weighted by atomic mass is 10.0. The minimum Gasteiger partial charge on any atom is -0.508 e. The van der Waals surface area contributed by atoms with E-state index in [1.807, 2.05) is 13.8 Å². The molecule has 354 valence electrons. The average Bonchev–Trinajstić information content (AvgIpc) is 3.72. The number of nitrogens with one attached hydrogen (secondary N) is 5. The highest BCUT2D eigenvalue weighted by Crippen LogP contribution is 2.21. The van der Waals surface area contributed by atoms with Crippen molar-refractivity contribution in [1.29, 1.82) is 0 Å². The zero-order valence-corrected chi connectivity index (χ0v) is 36.7. The zero-order valence-electron chi connectivity index (χ0n) is 36.7. The van der Waals surface area contributed by atoms with Gasteiger partial charge < -0.3 is 70.4 Å². The van der Waals surface area contributed by atoms with E-state index >= 15 is 0 Å². The Labute approximate surface area is 369 Å². The molecule has 63 heavy (non-hydrogen) atoms. The van der Waals surface area contributed by atoms with Crippen LogP contribution in [0.25, 0.3) is 0 Å².